The fourth-order valence-electron chi connectivity index (χ4n) is 5.16. The maximum atomic E-state index is 14.0. The van der Waals surface area contributed by atoms with E-state index in [2.05, 4.69) is 4.98 Å². The number of hydrogen-bond donors (Lipinski definition) is 2. The number of aliphatic hydroxyl groups is 1. The lowest BCUT2D eigenvalue weighted by molar-refractivity contribution is -0.148. The molecule has 10 heteroatoms. The van der Waals surface area contributed by atoms with Crippen molar-refractivity contribution >= 4 is 29.0 Å². The summed E-state index contributed by atoms with van der Waals surface area (Å²) in [7, 11) is 0. The Morgan fingerprint density at radius 1 is 1.07 bits per heavy atom. The number of nitrogens with two attached hydrogens (primary N) is 1. The van der Waals surface area contributed by atoms with E-state index < -0.39 is 42.1 Å². The molecule has 2 heterocycles. The molecule has 2 unspecified atom stereocenters. The number of rotatable bonds is 9. The summed E-state index contributed by atoms with van der Waals surface area (Å²) in [4.78, 5) is 47.5. The molecule has 1 aliphatic heterocycles. The summed E-state index contributed by atoms with van der Waals surface area (Å²) in [6.45, 7) is 7.73. The molecule has 0 saturated carbocycles. The molecule has 0 bridgehead atoms. The second kappa shape index (κ2) is 12.7. The molecule has 4 rings (SSSR count). The van der Waals surface area contributed by atoms with E-state index in [9.17, 15) is 19.5 Å². The minimum Gasteiger partial charge on any atom is -0.444 e. The molecule has 214 valence electrons. The molecule has 3 amide bonds. The maximum absolute atomic E-state index is 14.0. The molecule has 40 heavy (non-hydrogen) atoms. The number of carbonyl (C=O) groups is 3. The molecule has 1 aromatic heterocycles. The number of fused-ring (bicyclic) bond motifs is 1. The fourth-order valence-corrected chi connectivity index (χ4v) is 5.16. The molecule has 3 N–H and O–H groups in total. The average Bonchev–Trinajstić information content (AvgIpc) is 3.59. The lowest BCUT2D eigenvalue weighted by Crippen LogP contribution is -2.58. The van der Waals surface area contributed by atoms with Crippen LogP contribution in [0.4, 0.5) is 4.79 Å². The minimum atomic E-state index is -1.15. The molecular formula is C30H38N4O6. The minimum absolute atomic E-state index is 0.104. The summed E-state index contributed by atoms with van der Waals surface area (Å²) in [5, 5.41) is 11.4. The van der Waals surface area contributed by atoms with Crippen molar-refractivity contribution in [2.24, 2.45) is 17.6 Å². The fraction of sp³-hybridized carbons (Fsp3) is 0.467. The van der Waals surface area contributed by atoms with Gasteiger partial charge in [-0.05, 0) is 48.9 Å². The molecule has 0 radical (unpaired) electrons. The van der Waals surface area contributed by atoms with Crippen LogP contribution in [0.25, 0.3) is 11.1 Å². The zero-order valence-electron chi connectivity index (χ0n) is 23.4. The number of likely N-dealkylation sites (tertiary alicyclic amines) is 1. The molecule has 1 fully saturated rings. The van der Waals surface area contributed by atoms with Gasteiger partial charge in [0, 0.05) is 6.04 Å². The first-order chi connectivity index (χ1) is 19.1. The van der Waals surface area contributed by atoms with Crippen molar-refractivity contribution in [2.75, 3.05) is 6.54 Å². The number of oxazole rings is 1. The van der Waals surface area contributed by atoms with Crippen LogP contribution in [0.5, 0.6) is 0 Å². The monoisotopic (exact) mass is 550 g/mol. The zero-order chi connectivity index (χ0) is 29.0. The zero-order valence-corrected chi connectivity index (χ0v) is 23.4. The molecule has 2 aromatic carbocycles. The van der Waals surface area contributed by atoms with Crippen LogP contribution < -0.4 is 5.73 Å². The summed E-state index contributed by atoms with van der Waals surface area (Å²) in [6, 6.07) is 13.7. The predicted molar refractivity (Wildman–Crippen MR) is 149 cm³/mol. The van der Waals surface area contributed by atoms with Crippen LogP contribution in [0.1, 0.15) is 58.1 Å². The van der Waals surface area contributed by atoms with Crippen molar-refractivity contribution in [3.8, 4) is 0 Å². The Balaban J connectivity index is 1.61. The van der Waals surface area contributed by atoms with Gasteiger partial charge >= 0.3 is 6.09 Å². The quantitative estimate of drug-likeness (QED) is 0.404. The topological polar surface area (TPSA) is 139 Å². The van der Waals surface area contributed by atoms with Crippen LogP contribution >= 0.6 is 0 Å². The van der Waals surface area contributed by atoms with Crippen LogP contribution in [0, 0.1) is 11.8 Å². The molecule has 3 aromatic rings. The van der Waals surface area contributed by atoms with Gasteiger partial charge in [-0.1, -0.05) is 70.2 Å². The Bertz CT molecular complexity index is 1290. The maximum Gasteiger partial charge on any atom is 0.423 e. The van der Waals surface area contributed by atoms with Crippen molar-refractivity contribution in [3.63, 3.8) is 0 Å². The molecule has 10 nitrogen and oxygen atoms in total. The van der Waals surface area contributed by atoms with Crippen LogP contribution in [-0.2, 0) is 20.9 Å². The standard InChI is InChI=1S/C30H38N4O6/c1-18(2)24(31)29(37)34(30(38)39-17-20-11-6-5-7-12-20)28(36)22-14-10-16-33(22)25(19(3)4)26(35)27-32-21-13-8-9-15-23(21)40-27/h5-9,11-13,15,18-19,22,24-26,35H,10,14,16-17,31H2,1-4H3/t22-,24-,25?,26?/m0/s1. The summed E-state index contributed by atoms with van der Waals surface area (Å²) >= 11 is 0. The number of aromatic nitrogens is 1. The number of hydrogen-bond acceptors (Lipinski definition) is 9. The van der Waals surface area contributed by atoms with E-state index >= 15 is 0 Å². The normalized spacial score (nSPS) is 18.1. The van der Waals surface area contributed by atoms with Crippen LogP contribution in [0.15, 0.2) is 59.0 Å². The average molecular weight is 551 g/mol. The van der Waals surface area contributed by atoms with Crippen molar-refractivity contribution < 1.29 is 28.6 Å². The molecule has 0 aliphatic carbocycles. The summed E-state index contributed by atoms with van der Waals surface area (Å²) in [5.74, 6) is -1.81. The third-order valence-corrected chi connectivity index (χ3v) is 7.36. The first-order valence-corrected chi connectivity index (χ1v) is 13.7. The largest absolute Gasteiger partial charge is 0.444 e. The highest BCUT2D eigenvalue weighted by molar-refractivity contribution is 6.12. The van der Waals surface area contributed by atoms with Crippen LogP contribution in [-0.4, -0.2) is 62.5 Å². The van der Waals surface area contributed by atoms with E-state index in [1.807, 2.05) is 36.9 Å². The molecule has 0 spiro atoms. The van der Waals surface area contributed by atoms with Gasteiger partial charge < -0.3 is 20.0 Å². The predicted octanol–water partition coefficient (Wildman–Crippen LogP) is 4.03. The summed E-state index contributed by atoms with van der Waals surface area (Å²) in [5.41, 5.74) is 8.01. The van der Waals surface area contributed by atoms with E-state index in [4.69, 9.17) is 14.9 Å². The van der Waals surface area contributed by atoms with Crippen LogP contribution in [0.2, 0.25) is 0 Å². The van der Waals surface area contributed by atoms with Gasteiger partial charge in [-0.3, -0.25) is 14.5 Å². The number of nitrogens with zero attached hydrogens (tertiary/aromatic N) is 3. The lowest BCUT2D eigenvalue weighted by atomic mass is 9.95. The third kappa shape index (κ3) is 6.24. The van der Waals surface area contributed by atoms with Gasteiger partial charge in [0.1, 0.15) is 18.2 Å². The Kier molecular flexibility index (Phi) is 9.34. The number of aliphatic hydroxyl groups excluding tert-OH is 1. The Morgan fingerprint density at radius 3 is 2.40 bits per heavy atom. The highest BCUT2D eigenvalue weighted by Gasteiger charge is 2.46. The van der Waals surface area contributed by atoms with Crippen molar-refractivity contribution in [1.82, 2.24) is 14.8 Å². The molecule has 1 saturated heterocycles. The molecular weight excluding hydrogens is 512 g/mol. The van der Waals surface area contributed by atoms with E-state index in [0.717, 1.165) is 0 Å². The second-order valence-electron chi connectivity index (χ2n) is 10.9. The van der Waals surface area contributed by atoms with Gasteiger partial charge in [0.05, 0.1) is 12.1 Å². The van der Waals surface area contributed by atoms with Crippen molar-refractivity contribution in [1.29, 1.82) is 0 Å². The highest BCUT2D eigenvalue weighted by Crippen LogP contribution is 2.34. The van der Waals surface area contributed by atoms with Gasteiger partial charge in [-0.2, -0.15) is 4.90 Å². The van der Waals surface area contributed by atoms with Gasteiger partial charge in [0.25, 0.3) is 11.8 Å². The SMILES string of the molecule is CC(C)C(C(O)c1nc2ccccc2o1)N1CCC[C@H]1C(=O)N(C(=O)OCc1ccccc1)C(=O)[C@@H](N)C(C)C. The van der Waals surface area contributed by atoms with Gasteiger partial charge in [0.15, 0.2) is 5.58 Å². The van der Waals surface area contributed by atoms with E-state index in [-0.39, 0.29) is 24.3 Å². The second-order valence-corrected chi connectivity index (χ2v) is 10.9. The van der Waals surface area contributed by atoms with E-state index in [1.54, 1.807) is 50.2 Å². The van der Waals surface area contributed by atoms with Gasteiger partial charge in [-0.15, -0.1) is 0 Å². The third-order valence-electron chi connectivity index (χ3n) is 7.36. The number of para-hydroxylation sites is 2. The molecule has 4 atom stereocenters. The Labute approximate surface area is 234 Å². The summed E-state index contributed by atoms with van der Waals surface area (Å²) < 4.78 is 11.3. The first kappa shape index (κ1) is 29.4. The van der Waals surface area contributed by atoms with Gasteiger partial charge in [-0.25, -0.2) is 9.78 Å². The number of amides is 3. The number of benzene rings is 2. The van der Waals surface area contributed by atoms with E-state index in [0.29, 0.717) is 40.9 Å². The summed E-state index contributed by atoms with van der Waals surface area (Å²) in [6.07, 6.45) is -1.18. The number of carbonyl (C=O) groups excluding carboxylic acids is 3. The smallest absolute Gasteiger partial charge is 0.423 e. The number of ether oxygens (including phenoxy) is 1. The lowest BCUT2D eigenvalue weighted by Gasteiger charge is -2.38. The van der Waals surface area contributed by atoms with Crippen molar-refractivity contribution in [2.45, 2.75) is 71.4 Å². The van der Waals surface area contributed by atoms with Gasteiger partial charge in [0.2, 0.25) is 5.89 Å². The van der Waals surface area contributed by atoms with Crippen molar-refractivity contribution in [3.05, 3.63) is 66.1 Å². The number of imide groups is 3. The van der Waals surface area contributed by atoms with E-state index in [1.165, 1.54) is 0 Å². The molecule has 1 aliphatic rings. The Hall–Kier alpha value is -3.60. The van der Waals surface area contributed by atoms with Crippen LogP contribution in [0.3, 0.4) is 0 Å². The Morgan fingerprint density at radius 2 is 1.75 bits per heavy atom. The first-order valence-electron chi connectivity index (χ1n) is 13.7. The highest BCUT2D eigenvalue weighted by atomic mass is 16.6.